The summed E-state index contributed by atoms with van der Waals surface area (Å²) < 4.78 is 12.9. The van der Waals surface area contributed by atoms with Crippen molar-refractivity contribution in [3.05, 3.63) is 47.5 Å². The van der Waals surface area contributed by atoms with Crippen LogP contribution >= 0.6 is 0 Å². The molecule has 2 rings (SSSR count). The first-order chi connectivity index (χ1) is 9.74. The van der Waals surface area contributed by atoms with Crippen molar-refractivity contribution in [2.24, 2.45) is 0 Å². The number of benzene rings is 1. The van der Waals surface area contributed by atoms with E-state index in [4.69, 9.17) is 0 Å². The number of anilines is 2. The Balaban J connectivity index is 2.12. The highest BCUT2D eigenvalue weighted by atomic mass is 19.1. The van der Waals surface area contributed by atoms with Gasteiger partial charge in [-0.1, -0.05) is 19.1 Å². The van der Waals surface area contributed by atoms with Crippen LogP contribution in [0.4, 0.5) is 16.0 Å². The Bertz CT molecular complexity index is 554. The number of aromatic nitrogens is 2. The van der Waals surface area contributed by atoms with E-state index in [1.54, 1.807) is 18.5 Å². The van der Waals surface area contributed by atoms with Gasteiger partial charge >= 0.3 is 0 Å². The molecule has 2 aromatic rings. The largest absolute Gasteiger partial charge is 0.370 e. The Hall–Kier alpha value is -2.17. The van der Waals surface area contributed by atoms with Crippen LogP contribution < -0.4 is 10.6 Å². The van der Waals surface area contributed by atoms with Crippen LogP contribution in [0.15, 0.2) is 30.6 Å². The van der Waals surface area contributed by atoms with E-state index in [0.717, 1.165) is 35.7 Å². The van der Waals surface area contributed by atoms with Crippen molar-refractivity contribution in [2.75, 3.05) is 17.2 Å². The van der Waals surface area contributed by atoms with Gasteiger partial charge in [0.1, 0.15) is 23.8 Å². The molecule has 1 aromatic heterocycles. The van der Waals surface area contributed by atoms with E-state index in [1.165, 1.54) is 12.1 Å². The van der Waals surface area contributed by atoms with Crippen molar-refractivity contribution in [2.45, 2.75) is 26.8 Å². The van der Waals surface area contributed by atoms with E-state index in [9.17, 15) is 4.39 Å². The standard InChI is InChI=1S/C15H19FN4/c1-3-13-14(17-4-2)19-10-20-15(13)18-9-11-5-7-12(16)8-6-11/h5-8,10H,3-4,9H2,1-2H3,(H2,17,18,19,20). The van der Waals surface area contributed by atoms with Crippen molar-refractivity contribution in [1.29, 1.82) is 0 Å². The number of halogens is 1. The molecular formula is C15H19FN4. The van der Waals surface area contributed by atoms with E-state index >= 15 is 0 Å². The predicted octanol–water partition coefficient (Wildman–Crippen LogP) is 3.22. The summed E-state index contributed by atoms with van der Waals surface area (Å²) in [6.45, 7) is 5.53. The smallest absolute Gasteiger partial charge is 0.134 e. The minimum absolute atomic E-state index is 0.223. The van der Waals surface area contributed by atoms with E-state index < -0.39 is 0 Å². The molecule has 5 heteroatoms. The van der Waals surface area contributed by atoms with Crippen LogP contribution in [0.3, 0.4) is 0 Å². The van der Waals surface area contributed by atoms with Crippen molar-refractivity contribution in [1.82, 2.24) is 9.97 Å². The molecule has 20 heavy (non-hydrogen) atoms. The highest BCUT2D eigenvalue weighted by molar-refractivity contribution is 5.57. The van der Waals surface area contributed by atoms with Gasteiger partial charge in [0.25, 0.3) is 0 Å². The zero-order chi connectivity index (χ0) is 14.4. The second kappa shape index (κ2) is 6.84. The van der Waals surface area contributed by atoms with Gasteiger partial charge in [-0.3, -0.25) is 0 Å². The normalized spacial score (nSPS) is 10.3. The molecule has 0 aliphatic heterocycles. The van der Waals surface area contributed by atoms with Crippen LogP contribution in [-0.2, 0) is 13.0 Å². The van der Waals surface area contributed by atoms with Crippen molar-refractivity contribution in [3.8, 4) is 0 Å². The van der Waals surface area contributed by atoms with E-state index in [-0.39, 0.29) is 5.82 Å². The zero-order valence-corrected chi connectivity index (χ0v) is 11.8. The number of nitrogens with one attached hydrogen (secondary N) is 2. The fourth-order valence-corrected chi connectivity index (χ4v) is 2.01. The average molecular weight is 274 g/mol. The molecule has 0 radical (unpaired) electrons. The maximum absolute atomic E-state index is 12.9. The highest BCUT2D eigenvalue weighted by Gasteiger charge is 2.08. The molecule has 0 spiro atoms. The minimum Gasteiger partial charge on any atom is -0.370 e. The van der Waals surface area contributed by atoms with Gasteiger partial charge in [0, 0.05) is 18.7 Å². The molecule has 0 fully saturated rings. The summed E-state index contributed by atoms with van der Waals surface area (Å²) in [7, 11) is 0. The summed E-state index contributed by atoms with van der Waals surface area (Å²) in [5.41, 5.74) is 2.08. The van der Waals surface area contributed by atoms with E-state index in [0.29, 0.717) is 6.54 Å². The Labute approximate surface area is 118 Å². The molecule has 4 nitrogen and oxygen atoms in total. The molecule has 0 saturated carbocycles. The van der Waals surface area contributed by atoms with E-state index in [1.807, 2.05) is 6.92 Å². The third-order valence-electron chi connectivity index (χ3n) is 3.02. The molecule has 1 heterocycles. The van der Waals surface area contributed by atoms with Crippen molar-refractivity contribution < 1.29 is 4.39 Å². The lowest BCUT2D eigenvalue weighted by Gasteiger charge is -2.13. The molecule has 2 N–H and O–H groups in total. The fourth-order valence-electron chi connectivity index (χ4n) is 2.01. The quantitative estimate of drug-likeness (QED) is 0.849. The minimum atomic E-state index is -0.223. The monoisotopic (exact) mass is 274 g/mol. The third-order valence-corrected chi connectivity index (χ3v) is 3.02. The first-order valence-corrected chi connectivity index (χ1v) is 6.80. The van der Waals surface area contributed by atoms with Crippen LogP contribution in [0.5, 0.6) is 0 Å². The highest BCUT2D eigenvalue weighted by Crippen LogP contribution is 2.20. The summed E-state index contributed by atoms with van der Waals surface area (Å²) >= 11 is 0. The Morgan fingerprint density at radius 1 is 1.00 bits per heavy atom. The van der Waals surface area contributed by atoms with Gasteiger partial charge in [-0.05, 0) is 31.0 Å². The van der Waals surface area contributed by atoms with E-state index in [2.05, 4.69) is 27.5 Å². The molecule has 0 aliphatic carbocycles. The number of nitrogens with zero attached hydrogens (tertiary/aromatic N) is 2. The average Bonchev–Trinajstić information content (AvgIpc) is 2.47. The lowest BCUT2D eigenvalue weighted by Crippen LogP contribution is -2.09. The molecule has 0 unspecified atom stereocenters. The molecule has 0 bridgehead atoms. The third kappa shape index (κ3) is 3.44. The van der Waals surface area contributed by atoms with Crippen LogP contribution in [0, 0.1) is 5.82 Å². The molecular weight excluding hydrogens is 255 g/mol. The van der Waals surface area contributed by atoms with Gasteiger partial charge in [0.2, 0.25) is 0 Å². The summed E-state index contributed by atoms with van der Waals surface area (Å²) in [4.78, 5) is 8.54. The number of rotatable bonds is 6. The van der Waals surface area contributed by atoms with Crippen LogP contribution in [-0.4, -0.2) is 16.5 Å². The van der Waals surface area contributed by atoms with Gasteiger partial charge in [-0.2, -0.15) is 0 Å². The Morgan fingerprint density at radius 2 is 1.65 bits per heavy atom. The number of hydrogen-bond donors (Lipinski definition) is 2. The van der Waals surface area contributed by atoms with Crippen LogP contribution in [0.25, 0.3) is 0 Å². The van der Waals surface area contributed by atoms with Gasteiger partial charge in [-0.15, -0.1) is 0 Å². The lowest BCUT2D eigenvalue weighted by atomic mass is 10.2. The summed E-state index contributed by atoms with van der Waals surface area (Å²) in [6.07, 6.45) is 2.39. The van der Waals surface area contributed by atoms with Crippen LogP contribution in [0.1, 0.15) is 25.0 Å². The molecule has 0 aliphatic rings. The Kier molecular flexibility index (Phi) is 4.87. The topological polar surface area (TPSA) is 49.8 Å². The van der Waals surface area contributed by atoms with Crippen molar-refractivity contribution in [3.63, 3.8) is 0 Å². The maximum atomic E-state index is 12.9. The zero-order valence-electron chi connectivity index (χ0n) is 11.8. The lowest BCUT2D eigenvalue weighted by molar-refractivity contribution is 0.627. The Morgan fingerprint density at radius 3 is 2.25 bits per heavy atom. The summed E-state index contributed by atoms with van der Waals surface area (Å²) in [5, 5.41) is 6.52. The molecule has 1 aromatic carbocycles. The molecule has 0 atom stereocenters. The van der Waals surface area contributed by atoms with Gasteiger partial charge in [0.15, 0.2) is 0 Å². The summed E-state index contributed by atoms with van der Waals surface area (Å²) in [5.74, 6) is 1.47. The predicted molar refractivity (Wildman–Crippen MR) is 79.3 cm³/mol. The van der Waals surface area contributed by atoms with Crippen LogP contribution in [0.2, 0.25) is 0 Å². The van der Waals surface area contributed by atoms with Gasteiger partial charge in [0.05, 0.1) is 0 Å². The van der Waals surface area contributed by atoms with Crippen molar-refractivity contribution >= 4 is 11.6 Å². The fraction of sp³-hybridized carbons (Fsp3) is 0.333. The molecule has 0 saturated heterocycles. The SMILES string of the molecule is CCNc1ncnc(NCc2ccc(F)cc2)c1CC. The maximum Gasteiger partial charge on any atom is 0.134 e. The number of hydrogen-bond acceptors (Lipinski definition) is 4. The summed E-state index contributed by atoms with van der Waals surface area (Å²) in [6, 6.07) is 6.45. The second-order valence-corrected chi connectivity index (χ2v) is 4.41. The van der Waals surface area contributed by atoms with Gasteiger partial charge < -0.3 is 10.6 Å². The first kappa shape index (κ1) is 14.2. The molecule has 0 amide bonds. The first-order valence-electron chi connectivity index (χ1n) is 6.80. The second-order valence-electron chi connectivity index (χ2n) is 4.41. The molecule has 106 valence electrons. The van der Waals surface area contributed by atoms with Gasteiger partial charge in [-0.25, -0.2) is 14.4 Å².